The van der Waals surface area contributed by atoms with Crippen LogP contribution in [0.4, 0.5) is 5.69 Å². The molecule has 8 heteroatoms. The lowest BCUT2D eigenvalue weighted by Crippen LogP contribution is -2.17. The Hall–Kier alpha value is -2.77. The fourth-order valence-corrected chi connectivity index (χ4v) is 3.71. The van der Waals surface area contributed by atoms with Crippen molar-refractivity contribution in [1.82, 2.24) is 9.97 Å². The van der Waals surface area contributed by atoms with Crippen LogP contribution in [0.2, 0.25) is 5.02 Å². The van der Waals surface area contributed by atoms with Gasteiger partial charge < -0.3 is 5.32 Å². The summed E-state index contributed by atoms with van der Waals surface area (Å²) in [6.07, 6.45) is 2.80. The van der Waals surface area contributed by atoms with Gasteiger partial charge in [0.25, 0.3) is 0 Å². The van der Waals surface area contributed by atoms with Crippen LogP contribution in [-0.2, 0) is 14.6 Å². The third kappa shape index (κ3) is 5.12. The molecule has 27 heavy (non-hydrogen) atoms. The summed E-state index contributed by atoms with van der Waals surface area (Å²) in [5.74, 6) is -0.189. The molecule has 0 spiro atoms. The number of sulfone groups is 1. The molecule has 1 amide bonds. The Labute approximate surface area is 162 Å². The van der Waals surface area contributed by atoms with Crippen molar-refractivity contribution in [3.05, 3.63) is 72.0 Å². The molecule has 0 radical (unpaired) electrons. The molecule has 0 saturated heterocycles. The van der Waals surface area contributed by atoms with Crippen molar-refractivity contribution in [2.24, 2.45) is 0 Å². The quantitative estimate of drug-likeness (QED) is 0.681. The Morgan fingerprint density at radius 2 is 1.59 bits per heavy atom. The largest absolute Gasteiger partial charge is 0.323 e. The predicted molar refractivity (Wildman–Crippen MR) is 104 cm³/mol. The van der Waals surface area contributed by atoms with Crippen molar-refractivity contribution < 1.29 is 13.2 Å². The van der Waals surface area contributed by atoms with Crippen molar-refractivity contribution >= 4 is 33.0 Å². The van der Waals surface area contributed by atoms with Gasteiger partial charge in [-0.3, -0.25) is 4.79 Å². The molecule has 3 rings (SSSR count). The van der Waals surface area contributed by atoms with Crippen molar-refractivity contribution in [2.75, 3.05) is 11.1 Å². The summed E-state index contributed by atoms with van der Waals surface area (Å²) in [6, 6.07) is 15.3. The van der Waals surface area contributed by atoms with E-state index in [1.54, 1.807) is 0 Å². The molecule has 0 aliphatic rings. The van der Waals surface area contributed by atoms with Crippen LogP contribution < -0.4 is 5.32 Å². The van der Waals surface area contributed by atoms with Gasteiger partial charge in [-0.25, -0.2) is 18.4 Å². The van der Waals surface area contributed by atoms with E-state index in [0.29, 0.717) is 16.5 Å². The highest BCUT2D eigenvalue weighted by Crippen LogP contribution is 2.17. The van der Waals surface area contributed by atoms with Crippen LogP contribution in [0.3, 0.4) is 0 Å². The van der Waals surface area contributed by atoms with Gasteiger partial charge in [-0.1, -0.05) is 41.9 Å². The maximum absolute atomic E-state index is 12.3. The van der Waals surface area contributed by atoms with Crippen LogP contribution in [-0.4, -0.2) is 30.0 Å². The molecule has 0 aliphatic carbocycles. The molecule has 1 aromatic heterocycles. The highest BCUT2D eigenvalue weighted by Gasteiger charge is 2.16. The fourth-order valence-electron chi connectivity index (χ4n) is 2.34. The van der Waals surface area contributed by atoms with Gasteiger partial charge in [-0.05, 0) is 24.3 Å². The highest BCUT2D eigenvalue weighted by atomic mass is 35.5. The van der Waals surface area contributed by atoms with Gasteiger partial charge in [0.2, 0.25) is 5.91 Å². The van der Waals surface area contributed by atoms with E-state index in [-0.39, 0.29) is 17.1 Å². The van der Waals surface area contributed by atoms with Crippen LogP contribution in [0, 0.1) is 0 Å². The summed E-state index contributed by atoms with van der Waals surface area (Å²) in [4.78, 5) is 20.6. The molecule has 3 aromatic rings. The Morgan fingerprint density at radius 1 is 0.963 bits per heavy atom. The number of halogens is 1. The van der Waals surface area contributed by atoms with Gasteiger partial charge in [-0.15, -0.1) is 0 Å². The van der Waals surface area contributed by atoms with Gasteiger partial charge in [-0.2, -0.15) is 0 Å². The standard InChI is InChI=1S/C19H16ClN3O3S/c20-15-6-8-17(9-7-15)27(25,26)11-10-18(24)23-16-12-21-19(22-13-16)14-4-2-1-3-5-14/h1-9,12-13H,10-11H2,(H,23,24). The SMILES string of the molecule is O=C(CCS(=O)(=O)c1ccc(Cl)cc1)Nc1cnc(-c2ccccc2)nc1. The molecular weight excluding hydrogens is 386 g/mol. The molecule has 1 N–H and O–H groups in total. The zero-order valence-electron chi connectivity index (χ0n) is 14.2. The topological polar surface area (TPSA) is 89.0 Å². The van der Waals surface area contributed by atoms with Crippen LogP contribution in [0.1, 0.15) is 6.42 Å². The third-order valence-corrected chi connectivity index (χ3v) is 5.72. The van der Waals surface area contributed by atoms with E-state index < -0.39 is 15.7 Å². The first-order chi connectivity index (χ1) is 12.9. The third-order valence-electron chi connectivity index (χ3n) is 3.74. The number of rotatable bonds is 6. The minimum atomic E-state index is -3.56. The van der Waals surface area contributed by atoms with E-state index in [2.05, 4.69) is 15.3 Å². The number of nitrogens with one attached hydrogen (secondary N) is 1. The van der Waals surface area contributed by atoms with Crippen LogP contribution >= 0.6 is 11.6 Å². The summed E-state index contributed by atoms with van der Waals surface area (Å²) < 4.78 is 24.5. The van der Waals surface area contributed by atoms with Crippen molar-refractivity contribution in [3.8, 4) is 11.4 Å². The first-order valence-corrected chi connectivity index (χ1v) is 10.1. The number of carbonyl (C=O) groups excluding carboxylic acids is 1. The van der Waals surface area contributed by atoms with Crippen LogP contribution in [0.25, 0.3) is 11.4 Å². The first kappa shape index (κ1) is 19.0. The van der Waals surface area contributed by atoms with E-state index in [4.69, 9.17) is 11.6 Å². The number of carbonyl (C=O) groups is 1. The molecule has 0 atom stereocenters. The molecule has 6 nitrogen and oxygen atoms in total. The fraction of sp³-hybridized carbons (Fsp3) is 0.105. The highest BCUT2D eigenvalue weighted by molar-refractivity contribution is 7.91. The molecule has 138 valence electrons. The number of amides is 1. The minimum absolute atomic E-state index is 0.134. The van der Waals surface area contributed by atoms with Gasteiger partial charge in [0.15, 0.2) is 15.7 Å². The van der Waals surface area contributed by atoms with E-state index in [1.165, 1.54) is 36.7 Å². The smallest absolute Gasteiger partial charge is 0.225 e. The molecular formula is C19H16ClN3O3S. The molecule has 0 fully saturated rings. The lowest BCUT2D eigenvalue weighted by Gasteiger charge is -2.07. The summed E-state index contributed by atoms with van der Waals surface area (Å²) in [6.45, 7) is 0. The zero-order chi connectivity index (χ0) is 19.3. The van der Waals surface area contributed by atoms with Crippen molar-refractivity contribution in [2.45, 2.75) is 11.3 Å². The molecule has 0 saturated carbocycles. The van der Waals surface area contributed by atoms with E-state index in [1.807, 2.05) is 30.3 Å². The molecule has 0 bridgehead atoms. The molecule has 0 unspecified atom stereocenters. The lowest BCUT2D eigenvalue weighted by atomic mass is 10.2. The Bertz CT molecular complexity index is 1020. The van der Waals surface area contributed by atoms with Crippen LogP contribution in [0.15, 0.2) is 71.9 Å². The van der Waals surface area contributed by atoms with Gasteiger partial charge in [0.1, 0.15) is 0 Å². The summed E-state index contributed by atoms with van der Waals surface area (Å²) in [5.41, 5.74) is 1.27. The second kappa shape index (κ2) is 8.28. The number of anilines is 1. The molecule has 0 aliphatic heterocycles. The van der Waals surface area contributed by atoms with Crippen molar-refractivity contribution in [1.29, 1.82) is 0 Å². The zero-order valence-corrected chi connectivity index (χ0v) is 15.7. The second-order valence-electron chi connectivity index (χ2n) is 5.73. The van der Waals surface area contributed by atoms with Gasteiger partial charge in [0, 0.05) is 17.0 Å². The maximum atomic E-state index is 12.3. The van der Waals surface area contributed by atoms with Gasteiger partial charge >= 0.3 is 0 Å². The Kier molecular flexibility index (Phi) is 5.83. The molecule has 1 heterocycles. The average molecular weight is 402 g/mol. The first-order valence-electron chi connectivity index (χ1n) is 8.10. The monoisotopic (exact) mass is 401 g/mol. The van der Waals surface area contributed by atoms with Crippen molar-refractivity contribution in [3.63, 3.8) is 0 Å². The second-order valence-corrected chi connectivity index (χ2v) is 8.28. The summed E-state index contributed by atoms with van der Waals surface area (Å²) in [5, 5.41) is 3.05. The maximum Gasteiger partial charge on any atom is 0.225 e. The number of benzene rings is 2. The predicted octanol–water partition coefficient (Wildman–Crippen LogP) is 3.60. The summed E-state index contributed by atoms with van der Waals surface area (Å²) >= 11 is 5.76. The summed E-state index contributed by atoms with van der Waals surface area (Å²) in [7, 11) is -3.56. The average Bonchev–Trinajstić information content (AvgIpc) is 2.68. The Balaban J connectivity index is 1.58. The van der Waals surface area contributed by atoms with E-state index in [0.717, 1.165) is 5.56 Å². The number of aromatic nitrogens is 2. The Morgan fingerprint density at radius 3 is 2.22 bits per heavy atom. The van der Waals surface area contributed by atoms with E-state index >= 15 is 0 Å². The van der Waals surface area contributed by atoms with Crippen LogP contribution in [0.5, 0.6) is 0 Å². The minimum Gasteiger partial charge on any atom is -0.323 e. The number of hydrogen-bond donors (Lipinski definition) is 1. The normalized spacial score (nSPS) is 11.1. The number of nitrogens with zero attached hydrogens (tertiary/aromatic N) is 2. The van der Waals surface area contributed by atoms with E-state index in [9.17, 15) is 13.2 Å². The molecule has 2 aromatic carbocycles. The van der Waals surface area contributed by atoms with Gasteiger partial charge in [0.05, 0.1) is 28.7 Å². The number of hydrogen-bond acceptors (Lipinski definition) is 5. The lowest BCUT2D eigenvalue weighted by molar-refractivity contribution is -0.115.